The number of aryl methyl sites for hydroxylation is 1. The predicted octanol–water partition coefficient (Wildman–Crippen LogP) is 0.950. The van der Waals surface area contributed by atoms with Gasteiger partial charge in [-0.25, -0.2) is 4.79 Å². The second-order valence-electron chi connectivity index (χ2n) is 2.09. The molecule has 0 aliphatic carbocycles. The first kappa shape index (κ1) is 10.4. The minimum Gasteiger partial charge on any atom is -0.357 e. The Morgan fingerprint density at radius 1 is 1.33 bits per heavy atom. The third-order valence-corrected chi connectivity index (χ3v) is 1.06. The first-order valence-electron chi connectivity index (χ1n) is 3.34. The average molecular weight is 168 g/mol. The van der Waals surface area contributed by atoms with Crippen molar-refractivity contribution in [2.45, 2.75) is 6.92 Å². The van der Waals surface area contributed by atoms with Gasteiger partial charge in [0.1, 0.15) is 0 Å². The van der Waals surface area contributed by atoms with Crippen LogP contribution in [-0.4, -0.2) is 6.09 Å². The molecule has 0 heterocycles. The van der Waals surface area contributed by atoms with Gasteiger partial charge in [0.05, 0.1) is 0 Å². The van der Waals surface area contributed by atoms with Crippen LogP contribution in [0.4, 0.5) is 4.79 Å². The van der Waals surface area contributed by atoms with E-state index in [1.54, 1.807) is 0 Å². The zero-order valence-electron chi connectivity index (χ0n) is 6.86. The lowest BCUT2D eigenvalue weighted by Crippen LogP contribution is -2.16. The van der Waals surface area contributed by atoms with Gasteiger partial charge in [-0.2, -0.15) is 5.90 Å². The second-order valence-corrected chi connectivity index (χ2v) is 2.09. The van der Waals surface area contributed by atoms with Crippen molar-refractivity contribution in [1.82, 2.24) is 0 Å². The second kappa shape index (κ2) is 6.18. The molecule has 0 spiro atoms. The Bertz CT molecular complexity index is 224. The van der Waals surface area contributed by atoms with Gasteiger partial charge in [-0.15, -0.1) is 0 Å². The molecule has 12 heavy (non-hydrogen) atoms. The summed E-state index contributed by atoms with van der Waals surface area (Å²) in [6.45, 7) is 2.08. The normalized spacial score (nSPS) is 7.83. The average Bonchev–Trinajstić information content (AvgIpc) is 2.07. The fourth-order valence-electron chi connectivity index (χ4n) is 0.534. The molecule has 1 amide bonds. The topological polar surface area (TPSA) is 78.3 Å². The van der Waals surface area contributed by atoms with Gasteiger partial charge in [-0.3, -0.25) is 0 Å². The van der Waals surface area contributed by atoms with Crippen LogP contribution in [0.15, 0.2) is 30.3 Å². The van der Waals surface area contributed by atoms with Crippen LogP contribution in [0.5, 0.6) is 0 Å². The summed E-state index contributed by atoms with van der Waals surface area (Å²) in [6, 6.07) is 10.3. The van der Waals surface area contributed by atoms with Crippen molar-refractivity contribution >= 4 is 6.09 Å². The Labute approximate surface area is 71.1 Å². The van der Waals surface area contributed by atoms with Crippen molar-refractivity contribution in [3.8, 4) is 0 Å². The zero-order chi connectivity index (χ0) is 9.40. The number of primary amides is 1. The first-order chi connectivity index (χ1) is 5.66. The standard InChI is InChI=1S/C7H8.CH4N2O2/c1-7-5-3-2-4-6-7;2-1(4)5-3/h2-6H,1H3;3H2,(H2,2,4). The molecule has 0 atom stereocenters. The van der Waals surface area contributed by atoms with E-state index in [1.165, 1.54) is 5.56 Å². The summed E-state index contributed by atoms with van der Waals surface area (Å²) in [5, 5.41) is 0. The van der Waals surface area contributed by atoms with E-state index in [-0.39, 0.29) is 0 Å². The minimum atomic E-state index is -0.968. The summed E-state index contributed by atoms with van der Waals surface area (Å²) in [6.07, 6.45) is -0.968. The molecule has 0 bridgehead atoms. The number of carbonyl (C=O) groups is 1. The fourth-order valence-corrected chi connectivity index (χ4v) is 0.534. The van der Waals surface area contributed by atoms with Crippen LogP contribution in [-0.2, 0) is 4.84 Å². The Morgan fingerprint density at radius 2 is 1.75 bits per heavy atom. The molecule has 1 aromatic rings. The molecule has 0 unspecified atom stereocenters. The summed E-state index contributed by atoms with van der Waals surface area (Å²) in [5.41, 5.74) is 5.63. The number of hydrogen-bond acceptors (Lipinski definition) is 3. The molecule has 0 saturated carbocycles. The van der Waals surface area contributed by atoms with Crippen molar-refractivity contribution in [3.05, 3.63) is 35.9 Å². The molecule has 0 aliphatic rings. The van der Waals surface area contributed by atoms with E-state index in [0.29, 0.717) is 0 Å². The molecule has 1 aromatic carbocycles. The van der Waals surface area contributed by atoms with Crippen molar-refractivity contribution in [2.75, 3.05) is 0 Å². The van der Waals surface area contributed by atoms with E-state index in [4.69, 9.17) is 0 Å². The highest BCUT2D eigenvalue weighted by Crippen LogP contribution is 1.92. The molecule has 0 fully saturated rings. The largest absolute Gasteiger partial charge is 0.423 e. The molecule has 4 nitrogen and oxygen atoms in total. The summed E-state index contributed by atoms with van der Waals surface area (Å²) < 4.78 is 0. The van der Waals surface area contributed by atoms with Crippen molar-refractivity contribution in [3.63, 3.8) is 0 Å². The van der Waals surface area contributed by atoms with Gasteiger partial charge < -0.3 is 10.6 Å². The highest BCUT2D eigenvalue weighted by Gasteiger charge is 1.77. The maximum atomic E-state index is 9.24. The van der Waals surface area contributed by atoms with Crippen LogP contribution in [0.1, 0.15) is 5.56 Å². The Morgan fingerprint density at radius 3 is 1.92 bits per heavy atom. The SMILES string of the molecule is Cc1ccccc1.NOC(N)=O. The predicted molar refractivity (Wildman–Crippen MR) is 46.0 cm³/mol. The van der Waals surface area contributed by atoms with E-state index in [2.05, 4.69) is 35.5 Å². The zero-order valence-corrected chi connectivity index (χ0v) is 6.86. The molecular weight excluding hydrogens is 156 g/mol. The lowest BCUT2D eigenvalue weighted by molar-refractivity contribution is 0.159. The minimum absolute atomic E-state index is 0.968. The van der Waals surface area contributed by atoms with Crippen molar-refractivity contribution in [1.29, 1.82) is 0 Å². The first-order valence-corrected chi connectivity index (χ1v) is 3.34. The van der Waals surface area contributed by atoms with Crippen LogP contribution in [0.25, 0.3) is 0 Å². The number of rotatable bonds is 0. The highest BCUT2D eigenvalue weighted by molar-refractivity contribution is 5.63. The summed E-state index contributed by atoms with van der Waals surface area (Å²) >= 11 is 0. The third-order valence-electron chi connectivity index (χ3n) is 1.06. The number of nitrogens with two attached hydrogens (primary N) is 2. The quantitative estimate of drug-likeness (QED) is 0.566. The lowest BCUT2D eigenvalue weighted by Gasteiger charge is -1.82. The molecule has 0 radical (unpaired) electrons. The summed E-state index contributed by atoms with van der Waals surface area (Å²) in [4.78, 5) is 12.6. The molecule has 4 N–H and O–H groups in total. The van der Waals surface area contributed by atoms with Gasteiger partial charge in [0, 0.05) is 0 Å². The van der Waals surface area contributed by atoms with Gasteiger partial charge in [0.15, 0.2) is 0 Å². The van der Waals surface area contributed by atoms with Gasteiger partial charge in [-0.05, 0) is 6.92 Å². The lowest BCUT2D eigenvalue weighted by atomic mass is 10.2. The van der Waals surface area contributed by atoms with Gasteiger partial charge in [-0.1, -0.05) is 35.9 Å². The van der Waals surface area contributed by atoms with Gasteiger partial charge >= 0.3 is 6.09 Å². The van der Waals surface area contributed by atoms with E-state index >= 15 is 0 Å². The van der Waals surface area contributed by atoms with Crippen LogP contribution < -0.4 is 11.6 Å². The fraction of sp³-hybridized carbons (Fsp3) is 0.125. The molecule has 0 aromatic heterocycles. The van der Waals surface area contributed by atoms with Crippen LogP contribution in [0, 0.1) is 6.92 Å². The summed E-state index contributed by atoms with van der Waals surface area (Å²) in [5.74, 6) is 4.20. The number of amides is 1. The third kappa shape index (κ3) is 6.57. The van der Waals surface area contributed by atoms with Gasteiger partial charge in [0.2, 0.25) is 0 Å². The number of hydrogen-bond donors (Lipinski definition) is 2. The van der Waals surface area contributed by atoms with Gasteiger partial charge in [0.25, 0.3) is 0 Å². The molecule has 1 rings (SSSR count). The van der Waals surface area contributed by atoms with Crippen molar-refractivity contribution < 1.29 is 9.63 Å². The Kier molecular flexibility index (Phi) is 5.38. The highest BCUT2D eigenvalue weighted by atomic mass is 16.7. The Hall–Kier alpha value is -1.55. The number of carbonyl (C=O) groups excluding carboxylic acids is 1. The smallest absolute Gasteiger partial charge is 0.357 e. The van der Waals surface area contributed by atoms with E-state index in [1.807, 2.05) is 18.2 Å². The van der Waals surface area contributed by atoms with Crippen LogP contribution >= 0.6 is 0 Å². The van der Waals surface area contributed by atoms with E-state index < -0.39 is 6.09 Å². The maximum Gasteiger partial charge on any atom is 0.423 e. The van der Waals surface area contributed by atoms with E-state index in [9.17, 15) is 4.79 Å². The van der Waals surface area contributed by atoms with Crippen LogP contribution in [0.3, 0.4) is 0 Å². The van der Waals surface area contributed by atoms with E-state index in [0.717, 1.165) is 0 Å². The number of benzene rings is 1. The molecule has 4 heteroatoms. The van der Waals surface area contributed by atoms with Crippen molar-refractivity contribution in [2.24, 2.45) is 11.6 Å². The monoisotopic (exact) mass is 168 g/mol. The maximum absolute atomic E-state index is 9.24. The molecule has 0 aliphatic heterocycles. The summed E-state index contributed by atoms with van der Waals surface area (Å²) in [7, 11) is 0. The molecule has 0 saturated heterocycles. The van der Waals surface area contributed by atoms with Crippen LogP contribution in [0.2, 0.25) is 0 Å². The molecular formula is C8H12N2O2. The molecule has 66 valence electrons. The Balaban J connectivity index is 0.000000217.